The average molecular weight is 811 g/mol. The Bertz CT molecular complexity index is 2040. The average Bonchev–Trinajstić information content (AvgIpc) is 3.26. The summed E-state index contributed by atoms with van der Waals surface area (Å²) >= 11 is 0. The first kappa shape index (κ1) is 43.0. The number of para-hydroxylation sites is 1. The molecule has 58 heavy (non-hydrogen) atoms. The lowest BCUT2D eigenvalue weighted by Crippen LogP contribution is -2.04. The molecule has 0 unspecified atom stereocenters. The van der Waals surface area contributed by atoms with Crippen LogP contribution in [0.2, 0.25) is 0 Å². The lowest BCUT2D eigenvalue weighted by Gasteiger charge is -2.07. The largest absolute Gasteiger partial charge is 0.508 e. The number of hydrogen-bond acceptors (Lipinski definition) is 2. The molecule has 2 nitrogen and oxygen atoms in total. The minimum absolute atomic E-state index is 0.0146. The second-order valence-electron chi connectivity index (χ2n) is 12.8. The number of aromatic hydroxyl groups is 2. The van der Waals surface area contributed by atoms with Crippen molar-refractivity contribution in [1.29, 1.82) is 0 Å². The van der Waals surface area contributed by atoms with Crippen molar-refractivity contribution < 1.29 is 23.4 Å². The van der Waals surface area contributed by atoms with Crippen molar-refractivity contribution in [2.45, 2.75) is 49.4 Å². The fraction of sp³-hybridized carbons (Fsp3) is 0.0588. The van der Waals surface area contributed by atoms with Crippen LogP contribution in [0, 0.1) is 13.8 Å². The second kappa shape index (κ2) is 22.0. The number of aryl methyl sites for hydroxylation is 2. The molecule has 8 aromatic carbocycles. The number of phenols is 2. The Morgan fingerprint density at radius 3 is 0.810 bits per heavy atom. The number of phenolic OH excluding ortho intramolecular Hbond substituents is 2. The van der Waals surface area contributed by atoms with E-state index >= 15 is 0 Å². The fourth-order valence-corrected chi connectivity index (χ4v) is 9.71. The van der Waals surface area contributed by atoms with E-state index in [0.717, 1.165) is 17.7 Å². The number of benzene rings is 8. The monoisotopic (exact) mass is 810 g/mol. The molecule has 0 aliphatic carbocycles. The third kappa shape index (κ3) is 12.9. The number of alkyl halides is 3. The maximum atomic E-state index is 12.0. The molecular weight excluding hydrogens is 766 g/mol. The van der Waals surface area contributed by atoms with Crippen LogP contribution >= 0.6 is 0 Å². The number of halogens is 3. The smallest absolute Gasteiger partial charge is 0.416 e. The number of rotatable bonds is 6. The molecule has 2 N–H and O–H groups in total. The highest BCUT2D eigenvalue weighted by Gasteiger charge is 2.31. The van der Waals surface area contributed by atoms with Crippen molar-refractivity contribution in [1.82, 2.24) is 0 Å². The van der Waals surface area contributed by atoms with Crippen LogP contribution in [0.1, 0.15) is 16.7 Å². The van der Waals surface area contributed by atoms with Gasteiger partial charge in [0, 0.05) is 0 Å². The first-order valence-electron chi connectivity index (χ1n) is 18.5. The van der Waals surface area contributed by atoms with Crippen LogP contribution in [0.3, 0.4) is 0 Å². The zero-order valence-corrected chi connectivity index (χ0v) is 33.8. The predicted molar refractivity (Wildman–Crippen MR) is 234 cm³/mol. The topological polar surface area (TPSA) is 40.5 Å². The van der Waals surface area contributed by atoms with Gasteiger partial charge in [0.15, 0.2) is 29.4 Å². The molecule has 0 aliphatic heterocycles. The van der Waals surface area contributed by atoms with Crippen LogP contribution < -0.4 is 0 Å². The zero-order chi connectivity index (χ0) is 41.2. The first-order chi connectivity index (χ1) is 28.1. The van der Waals surface area contributed by atoms with Crippen molar-refractivity contribution in [3.8, 4) is 11.5 Å². The van der Waals surface area contributed by atoms with Gasteiger partial charge in [0.2, 0.25) is 0 Å². The maximum Gasteiger partial charge on any atom is 0.416 e. The van der Waals surface area contributed by atoms with Gasteiger partial charge in [-0.05, 0) is 116 Å². The quantitative estimate of drug-likeness (QED) is 0.164. The van der Waals surface area contributed by atoms with E-state index in [0.29, 0.717) is 11.3 Å². The molecule has 0 aliphatic rings. The van der Waals surface area contributed by atoms with E-state index in [1.165, 1.54) is 42.4 Å². The van der Waals surface area contributed by atoms with Crippen molar-refractivity contribution in [3.05, 3.63) is 241 Å². The Labute approximate surface area is 345 Å². The molecule has 8 rings (SSSR count). The molecule has 0 atom stereocenters. The van der Waals surface area contributed by atoms with Gasteiger partial charge in [0.05, 0.1) is 27.4 Å². The molecule has 0 radical (unpaired) electrons. The van der Waals surface area contributed by atoms with E-state index in [-0.39, 0.29) is 27.5 Å². The van der Waals surface area contributed by atoms with Gasteiger partial charge >= 0.3 is 6.18 Å². The molecule has 8 aromatic rings. The normalized spacial score (nSPS) is 10.6. The molecule has 0 saturated carbocycles. The summed E-state index contributed by atoms with van der Waals surface area (Å²) < 4.78 is 36.0. The standard InChI is InChI=1S/2C18H15S.C8H7F3O.C7H8O/c2*1-4-10-16(11-5-1)19(17-12-6-2-7-13-17)18-14-8-3-9-15-18;1-5-2-3-6(4-7(5)12)8(9,10)11;1-6-4-2-3-5-7(6)8/h2*1-15H;2-4,12H,1H3;2-5,8H,1H3/q2*+1;;. The highest BCUT2D eigenvalue weighted by molar-refractivity contribution is 7.97. The van der Waals surface area contributed by atoms with E-state index in [1.54, 1.807) is 6.07 Å². The van der Waals surface area contributed by atoms with Crippen LogP contribution in [0.5, 0.6) is 11.5 Å². The summed E-state index contributed by atoms with van der Waals surface area (Å²) in [7, 11) is -0.0293. The molecule has 0 saturated heterocycles. The van der Waals surface area contributed by atoms with Crippen LogP contribution in [-0.2, 0) is 28.0 Å². The molecule has 0 fully saturated rings. The molecule has 292 valence electrons. The van der Waals surface area contributed by atoms with Crippen LogP contribution in [0.4, 0.5) is 13.2 Å². The Morgan fingerprint density at radius 1 is 0.328 bits per heavy atom. The second-order valence-corrected chi connectivity index (χ2v) is 16.8. The van der Waals surface area contributed by atoms with E-state index in [4.69, 9.17) is 10.2 Å². The molecule has 0 heterocycles. The van der Waals surface area contributed by atoms with Gasteiger partial charge in [-0.3, -0.25) is 0 Å². The summed E-state index contributed by atoms with van der Waals surface area (Å²) in [6.07, 6.45) is -4.38. The summed E-state index contributed by atoms with van der Waals surface area (Å²) in [4.78, 5) is 8.17. The van der Waals surface area contributed by atoms with Crippen LogP contribution in [0.25, 0.3) is 0 Å². The van der Waals surface area contributed by atoms with Gasteiger partial charge in [-0.2, -0.15) is 13.2 Å². The van der Waals surface area contributed by atoms with Gasteiger partial charge < -0.3 is 10.2 Å². The van der Waals surface area contributed by atoms with Crippen molar-refractivity contribution >= 4 is 21.8 Å². The van der Waals surface area contributed by atoms with Crippen molar-refractivity contribution in [2.75, 3.05) is 0 Å². The summed E-state index contributed by atoms with van der Waals surface area (Å²) in [6.45, 7) is 3.41. The lowest BCUT2D eigenvalue weighted by molar-refractivity contribution is -0.137. The van der Waals surface area contributed by atoms with Gasteiger partial charge in [-0.15, -0.1) is 0 Å². The Hall–Kier alpha value is -6.15. The zero-order valence-electron chi connectivity index (χ0n) is 32.2. The number of hydrogen-bond donors (Lipinski definition) is 2. The molecule has 0 bridgehead atoms. The minimum atomic E-state index is -4.38. The molecule has 7 heteroatoms. The SMILES string of the molecule is Cc1ccc(C(F)(F)F)cc1O.Cc1ccccc1O.c1ccc([S+](c2ccccc2)c2ccccc2)cc1.c1ccc([S+](c2ccccc2)c2ccccc2)cc1. The van der Waals surface area contributed by atoms with Gasteiger partial charge in [-0.25, -0.2) is 0 Å². The van der Waals surface area contributed by atoms with Crippen LogP contribution in [0.15, 0.2) is 254 Å². The summed E-state index contributed by atoms with van der Waals surface area (Å²) in [6, 6.07) is 74.5. The Kier molecular flexibility index (Phi) is 16.3. The van der Waals surface area contributed by atoms with Gasteiger partial charge in [0.1, 0.15) is 11.5 Å². The summed E-state index contributed by atoms with van der Waals surface area (Å²) in [5.74, 6) is 0.0392. The van der Waals surface area contributed by atoms with Gasteiger partial charge in [0.25, 0.3) is 0 Å². The lowest BCUT2D eigenvalue weighted by atomic mass is 10.1. The molecule has 0 amide bonds. The van der Waals surface area contributed by atoms with Crippen molar-refractivity contribution in [3.63, 3.8) is 0 Å². The first-order valence-corrected chi connectivity index (χ1v) is 21.0. The summed E-state index contributed by atoms with van der Waals surface area (Å²) in [5.41, 5.74) is 0.529. The maximum absolute atomic E-state index is 12.0. The molecule has 0 aromatic heterocycles. The summed E-state index contributed by atoms with van der Waals surface area (Å²) in [5, 5.41) is 17.9. The van der Waals surface area contributed by atoms with E-state index in [2.05, 4.69) is 182 Å². The fourth-order valence-electron chi connectivity index (χ4n) is 5.51. The Morgan fingerprint density at radius 2 is 0.586 bits per heavy atom. The van der Waals surface area contributed by atoms with Crippen molar-refractivity contribution in [2.24, 2.45) is 0 Å². The minimum Gasteiger partial charge on any atom is -0.508 e. The molecule has 0 spiro atoms. The highest BCUT2D eigenvalue weighted by Crippen LogP contribution is 2.33. The highest BCUT2D eigenvalue weighted by atomic mass is 32.2. The van der Waals surface area contributed by atoms with E-state index in [9.17, 15) is 13.2 Å². The van der Waals surface area contributed by atoms with E-state index in [1.807, 2.05) is 25.1 Å². The third-order valence-corrected chi connectivity index (χ3v) is 13.0. The van der Waals surface area contributed by atoms with E-state index < -0.39 is 11.7 Å². The van der Waals surface area contributed by atoms with Crippen LogP contribution in [-0.4, -0.2) is 10.2 Å². The van der Waals surface area contributed by atoms with Gasteiger partial charge in [-0.1, -0.05) is 133 Å². The molecular formula is C51H45F3O2S2+2. The predicted octanol–water partition coefficient (Wildman–Crippen LogP) is 14.0. The third-order valence-electron chi connectivity index (χ3n) is 8.53. The Balaban J connectivity index is 0.000000155.